The van der Waals surface area contributed by atoms with Crippen LogP contribution in [0.4, 0.5) is 0 Å². The first kappa shape index (κ1) is 32.0. The molecule has 5 atom stereocenters. The van der Waals surface area contributed by atoms with E-state index in [4.69, 9.17) is 23.7 Å². The maximum atomic E-state index is 13.2. The van der Waals surface area contributed by atoms with Crippen LogP contribution in [0.5, 0.6) is 17.2 Å². The van der Waals surface area contributed by atoms with Gasteiger partial charge in [0.2, 0.25) is 0 Å². The zero-order chi connectivity index (χ0) is 30.0. The number of amides is 1. The number of carbonyl (C=O) groups excluding carboxylic acids is 2. The van der Waals surface area contributed by atoms with E-state index in [0.717, 1.165) is 31.4 Å². The number of piperidine rings is 1. The van der Waals surface area contributed by atoms with Gasteiger partial charge in [-0.25, -0.2) is 4.79 Å². The molecule has 1 amide bonds. The van der Waals surface area contributed by atoms with Crippen LogP contribution in [-0.2, 0) is 26.1 Å². The summed E-state index contributed by atoms with van der Waals surface area (Å²) in [6.07, 6.45) is 5.62. The number of likely N-dealkylation sites (tertiary alicyclic amines) is 1. The minimum atomic E-state index is -0.722. The van der Waals surface area contributed by atoms with Crippen LogP contribution in [0.3, 0.4) is 0 Å². The van der Waals surface area contributed by atoms with Gasteiger partial charge in [0.15, 0.2) is 18.1 Å². The fraction of sp³-hybridized carbons (Fsp3) is 0.529. The fourth-order valence-electron chi connectivity index (χ4n) is 7.08. The summed E-state index contributed by atoms with van der Waals surface area (Å²) >= 11 is 0. The topological polar surface area (TPSA) is 116 Å². The molecule has 6 rings (SSSR count). The summed E-state index contributed by atoms with van der Waals surface area (Å²) in [6, 6.07) is 10.7. The zero-order valence-electron chi connectivity index (χ0n) is 24.8. The van der Waals surface area contributed by atoms with E-state index in [9.17, 15) is 14.7 Å². The summed E-state index contributed by atoms with van der Waals surface area (Å²) in [4.78, 5) is 27.7. The Kier molecular flexibility index (Phi) is 9.94. The Bertz CT molecular complexity index is 1360. The van der Waals surface area contributed by atoms with Crippen molar-refractivity contribution in [2.24, 2.45) is 5.92 Å². The molecule has 1 saturated heterocycles. The van der Waals surface area contributed by atoms with Gasteiger partial charge in [0.05, 0.1) is 25.4 Å². The van der Waals surface area contributed by atoms with Crippen molar-refractivity contribution in [1.82, 2.24) is 10.2 Å². The average Bonchev–Trinajstić information content (AvgIpc) is 3.37. The Labute approximate surface area is 259 Å². The monoisotopic (exact) mass is 608 g/mol. The van der Waals surface area contributed by atoms with Gasteiger partial charge < -0.3 is 39.0 Å². The van der Waals surface area contributed by atoms with Crippen LogP contribution >= 0.6 is 0 Å². The first-order chi connectivity index (χ1) is 20.9. The molecule has 2 aliphatic heterocycles. The minimum absolute atomic E-state index is 0. The SMILES string of the molecule is C.CCCOCCOCCNC(=O)COc1ccc(C(=O)Oc2ccc3c4c2O[C@H]2[C@@H](O)C=C[C@H]5[C@@H](C3)N(C)CC[C@@]452)cc1. The summed E-state index contributed by atoms with van der Waals surface area (Å²) in [5.41, 5.74) is 2.31. The van der Waals surface area contributed by atoms with E-state index in [2.05, 4.69) is 23.3 Å². The Hall–Kier alpha value is -3.44. The van der Waals surface area contributed by atoms with Crippen molar-refractivity contribution >= 4 is 11.9 Å². The normalized spacial score (nSPS) is 25.8. The van der Waals surface area contributed by atoms with E-state index in [1.54, 1.807) is 30.3 Å². The highest BCUT2D eigenvalue weighted by Crippen LogP contribution is 2.62. The second-order valence-corrected chi connectivity index (χ2v) is 11.7. The molecule has 4 aliphatic rings. The molecule has 238 valence electrons. The number of esters is 1. The molecular formula is C34H44N2O8. The van der Waals surface area contributed by atoms with E-state index >= 15 is 0 Å². The highest BCUT2D eigenvalue weighted by atomic mass is 16.6. The molecule has 44 heavy (non-hydrogen) atoms. The van der Waals surface area contributed by atoms with E-state index in [1.807, 2.05) is 19.1 Å². The Morgan fingerprint density at radius 2 is 1.84 bits per heavy atom. The first-order valence-corrected chi connectivity index (χ1v) is 15.2. The minimum Gasteiger partial charge on any atom is -0.484 e. The van der Waals surface area contributed by atoms with Crippen molar-refractivity contribution in [2.45, 2.75) is 57.3 Å². The molecule has 0 aromatic heterocycles. The molecule has 0 saturated carbocycles. The van der Waals surface area contributed by atoms with Gasteiger partial charge in [-0.2, -0.15) is 0 Å². The van der Waals surface area contributed by atoms with Gasteiger partial charge in [-0.1, -0.05) is 32.6 Å². The lowest BCUT2D eigenvalue weighted by atomic mass is 9.53. The van der Waals surface area contributed by atoms with Crippen LogP contribution < -0.4 is 19.5 Å². The molecule has 2 heterocycles. The van der Waals surface area contributed by atoms with E-state index in [0.29, 0.717) is 61.8 Å². The third-order valence-electron chi connectivity index (χ3n) is 9.09. The number of aliphatic hydroxyl groups excluding tert-OH is 1. The number of aliphatic hydroxyl groups is 1. The van der Waals surface area contributed by atoms with Crippen LogP contribution in [0, 0.1) is 5.92 Å². The molecule has 2 aromatic carbocycles. The van der Waals surface area contributed by atoms with Gasteiger partial charge in [0.25, 0.3) is 5.91 Å². The van der Waals surface area contributed by atoms with E-state index in [-0.39, 0.29) is 31.3 Å². The number of carbonyl (C=O) groups is 2. The summed E-state index contributed by atoms with van der Waals surface area (Å²) in [6.45, 7) is 5.34. The molecule has 2 bridgehead atoms. The molecule has 10 nitrogen and oxygen atoms in total. The first-order valence-electron chi connectivity index (χ1n) is 15.2. The van der Waals surface area contributed by atoms with Crippen molar-refractivity contribution in [3.8, 4) is 17.2 Å². The van der Waals surface area contributed by atoms with Crippen molar-refractivity contribution in [1.29, 1.82) is 0 Å². The summed E-state index contributed by atoms with van der Waals surface area (Å²) in [5.74, 6) is 0.845. The van der Waals surface area contributed by atoms with Gasteiger partial charge in [-0.05, 0) is 68.8 Å². The van der Waals surface area contributed by atoms with E-state index < -0.39 is 18.2 Å². The predicted molar refractivity (Wildman–Crippen MR) is 164 cm³/mol. The Morgan fingerprint density at radius 1 is 1.07 bits per heavy atom. The maximum absolute atomic E-state index is 13.2. The van der Waals surface area contributed by atoms with Crippen LogP contribution in [0.1, 0.15) is 48.7 Å². The highest BCUT2D eigenvalue weighted by molar-refractivity contribution is 5.91. The Balaban J connectivity index is 0.00000384. The predicted octanol–water partition coefficient (Wildman–Crippen LogP) is 3.29. The summed E-state index contributed by atoms with van der Waals surface area (Å²) < 4.78 is 28.7. The summed E-state index contributed by atoms with van der Waals surface area (Å²) in [7, 11) is 2.16. The molecule has 10 heteroatoms. The van der Waals surface area contributed by atoms with Crippen molar-refractivity contribution in [3.05, 3.63) is 65.2 Å². The average molecular weight is 609 g/mol. The summed E-state index contributed by atoms with van der Waals surface area (Å²) in [5, 5.41) is 13.7. The van der Waals surface area contributed by atoms with Crippen LogP contribution in [0.25, 0.3) is 0 Å². The number of rotatable bonds is 13. The molecule has 2 aliphatic carbocycles. The van der Waals surface area contributed by atoms with E-state index in [1.165, 1.54) is 5.56 Å². The molecule has 0 unspecified atom stereocenters. The maximum Gasteiger partial charge on any atom is 0.343 e. The van der Waals surface area contributed by atoms with Gasteiger partial charge >= 0.3 is 5.97 Å². The Morgan fingerprint density at radius 3 is 2.61 bits per heavy atom. The van der Waals surface area contributed by atoms with Crippen LogP contribution in [-0.4, -0.2) is 93.3 Å². The third-order valence-corrected chi connectivity index (χ3v) is 9.09. The smallest absolute Gasteiger partial charge is 0.343 e. The molecule has 0 radical (unpaired) electrons. The number of ether oxygens (including phenoxy) is 5. The largest absolute Gasteiger partial charge is 0.484 e. The lowest BCUT2D eigenvalue weighted by Gasteiger charge is -2.56. The second kappa shape index (κ2) is 13.7. The fourth-order valence-corrected chi connectivity index (χ4v) is 7.08. The number of nitrogens with one attached hydrogen (secondary N) is 1. The van der Waals surface area contributed by atoms with Crippen molar-refractivity contribution in [2.75, 3.05) is 53.2 Å². The molecule has 1 spiro atoms. The van der Waals surface area contributed by atoms with Gasteiger partial charge in [0, 0.05) is 36.1 Å². The van der Waals surface area contributed by atoms with Gasteiger partial charge in [0.1, 0.15) is 18.0 Å². The van der Waals surface area contributed by atoms with Crippen LogP contribution in [0.15, 0.2) is 48.6 Å². The number of benzene rings is 2. The lowest BCUT2D eigenvalue weighted by molar-refractivity contribution is -0.123. The number of hydrogen-bond acceptors (Lipinski definition) is 9. The molecule has 2 N–H and O–H groups in total. The highest BCUT2D eigenvalue weighted by Gasteiger charge is 2.64. The lowest BCUT2D eigenvalue weighted by Crippen LogP contribution is -2.64. The van der Waals surface area contributed by atoms with Crippen LogP contribution in [0.2, 0.25) is 0 Å². The second-order valence-electron chi connectivity index (χ2n) is 11.7. The third kappa shape index (κ3) is 5.96. The van der Waals surface area contributed by atoms with Gasteiger partial charge in [-0.3, -0.25) is 4.79 Å². The molecule has 1 fully saturated rings. The van der Waals surface area contributed by atoms with Gasteiger partial charge in [-0.15, -0.1) is 0 Å². The quantitative estimate of drug-likeness (QED) is 0.153. The standard InChI is InChI=1S/C33H40N2O8.CH4/c1-3-15-39-17-18-40-16-13-34-28(37)20-41-23-7-4-21(5-8-23)32(38)42-27-11-6-22-19-25-24-9-10-26(36)31-33(24,12-14-35(25)2)29(22)30(27)43-31;/h4-11,24-26,31,36H,3,12-20H2,1-2H3,(H,34,37);1H4/t24-,25+,26-,31-,33-;/m0./s1. The van der Waals surface area contributed by atoms with Crippen molar-refractivity contribution in [3.63, 3.8) is 0 Å². The number of nitrogens with zero attached hydrogens (tertiary/aromatic N) is 1. The zero-order valence-corrected chi connectivity index (χ0v) is 24.8. The molecular weight excluding hydrogens is 564 g/mol. The number of likely N-dealkylation sites (N-methyl/N-ethyl adjacent to an activating group) is 1. The number of hydrogen-bond donors (Lipinski definition) is 2. The van der Waals surface area contributed by atoms with Crippen molar-refractivity contribution < 1.29 is 38.4 Å². The molecule has 2 aromatic rings.